The van der Waals surface area contributed by atoms with Crippen molar-refractivity contribution >= 4 is 27.8 Å². The van der Waals surface area contributed by atoms with Crippen LogP contribution in [0, 0.1) is 11.8 Å². The third kappa shape index (κ3) is 7.65. The zero-order chi connectivity index (χ0) is 32.7. The van der Waals surface area contributed by atoms with E-state index in [1.165, 1.54) is 32.7 Å². The molecule has 0 aliphatic carbocycles. The van der Waals surface area contributed by atoms with Gasteiger partial charge in [0.2, 0.25) is 0 Å². The van der Waals surface area contributed by atoms with E-state index in [-0.39, 0.29) is 10.8 Å². The standard InChI is InChI=1S/C42H55N3O2/c1-33(2)41(17-19-44-21-25-46-26-22-44,39-15-13-35-9-5-7-11-37(35)29-39)31-43-32-42(34(3)4,18-20-45-23-27-47-28-24-45)40-16-14-36-10-6-8-12-38(36)30-40/h5-16,29-31,33-34H,17-28,32H2,1-4H3. The van der Waals surface area contributed by atoms with E-state index in [9.17, 15) is 0 Å². The zero-order valence-electron chi connectivity index (χ0n) is 29.2. The molecule has 0 bridgehead atoms. The molecule has 2 fully saturated rings. The van der Waals surface area contributed by atoms with Crippen molar-refractivity contribution in [2.75, 3.05) is 72.2 Å². The Balaban J connectivity index is 1.38. The van der Waals surface area contributed by atoms with Crippen LogP contribution in [0.3, 0.4) is 0 Å². The van der Waals surface area contributed by atoms with E-state index in [4.69, 9.17) is 14.5 Å². The summed E-state index contributed by atoms with van der Waals surface area (Å²) in [5.74, 6) is 0.806. The lowest BCUT2D eigenvalue weighted by Crippen LogP contribution is -2.44. The average Bonchev–Trinajstić information content (AvgIpc) is 3.11. The number of morpholine rings is 2. The summed E-state index contributed by atoms with van der Waals surface area (Å²) in [5, 5.41) is 5.19. The van der Waals surface area contributed by atoms with Gasteiger partial charge in [0.05, 0.1) is 26.4 Å². The van der Waals surface area contributed by atoms with E-state index in [0.717, 1.165) is 85.1 Å². The highest BCUT2D eigenvalue weighted by Crippen LogP contribution is 2.40. The lowest BCUT2D eigenvalue weighted by Gasteiger charge is -2.41. The molecule has 4 aromatic carbocycles. The maximum Gasteiger partial charge on any atom is 0.0594 e. The predicted octanol–water partition coefficient (Wildman–Crippen LogP) is 8.00. The zero-order valence-corrected chi connectivity index (χ0v) is 29.2. The summed E-state index contributed by atoms with van der Waals surface area (Å²) >= 11 is 0. The van der Waals surface area contributed by atoms with E-state index in [2.05, 4.69) is 129 Å². The highest BCUT2D eigenvalue weighted by molar-refractivity contribution is 5.86. The van der Waals surface area contributed by atoms with Crippen LogP contribution in [-0.2, 0) is 20.3 Å². The monoisotopic (exact) mass is 633 g/mol. The van der Waals surface area contributed by atoms with Crippen molar-refractivity contribution in [1.82, 2.24) is 9.80 Å². The van der Waals surface area contributed by atoms with Crippen LogP contribution in [0.1, 0.15) is 51.7 Å². The van der Waals surface area contributed by atoms with Crippen LogP contribution < -0.4 is 0 Å². The van der Waals surface area contributed by atoms with Crippen molar-refractivity contribution in [3.05, 3.63) is 96.1 Å². The van der Waals surface area contributed by atoms with Crippen LogP contribution in [0.2, 0.25) is 0 Å². The number of fused-ring (bicyclic) bond motifs is 2. The molecule has 2 unspecified atom stereocenters. The molecule has 5 nitrogen and oxygen atoms in total. The molecule has 0 aromatic heterocycles. The fourth-order valence-electron chi connectivity index (χ4n) is 7.87. The summed E-state index contributed by atoms with van der Waals surface area (Å²) in [6.07, 6.45) is 4.48. The molecule has 2 heterocycles. The van der Waals surface area contributed by atoms with Gasteiger partial charge in [-0.1, -0.05) is 113 Å². The number of ether oxygens (including phenoxy) is 2. The molecule has 0 amide bonds. The molecule has 5 heteroatoms. The van der Waals surface area contributed by atoms with Gasteiger partial charge in [0.1, 0.15) is 0 Å². The normalized spacial score (nSPS) is 19.5. The Kier molecular flexibility index (Phi) is 11.1. The smallest absolute Gasteiger partial charge is 0.0594 e. The van der Waals surface area contributed by atoms with Gasteiger partial charge in [-0.3, -0.25) is 14.8 Å². The summed E-state index contributed by atoms with van der Waals surface area (Å²) in [6.45, 7) is 19.8. The predicted molar refractivity (Wildman–Crippen MR) is 198 cm³/mol. The molecule has 0 N–H and O–H groups in total. The number of benzene rings is 4. The minimum atomic E-state index is -0.182. The van der Waals surface area contributed by atoms with Gasteiger partial charge in [-0.25, -0.2) is 0 Å². The van der Waals surface area contributed by atoms with Crippen LogP contribution in [0.4, 0.5) is 0 Å². The van der Waals surface area contributed by atoms with Gasteiger partial charge in [-0.15, -0.1) is 0 Å². The topological polar surface area (TPSA) is 37.3 Å². The molecular formula is C42H55N3O2. The average molecular weight is 634 g/mol. The minimum absolute atomic E-state index is 0.0881. The van der Waals surface area contributed by atoms with Crippen LogP contribution in [-0.4, -0.2) is 88.3 Å². The van der Waals surface area contributed by atoms with Crippen LogP contribution in [0.15, 0.2) is 89.9 Å². The summed E-state index contributed by atoms with van der Waals surface area (Å²) in [6, 6.07) is 31.8. The second kappa shape index (κ2) is 15.4. The van der Waals surface area contributed by atoms with E-state index in [1.54, 1.807) is 0 Å². The first-order chi connectivity index (χ1) is 22.9. The fraction of sp³-hybridized carbons (Fsp3) is 0.500. The van der Waals surface area contributed by atoms with E-state index < -0.39 is 0 Å². The Morgan fingerprint density at radius 3 is 1.64 bits per heavy atom. The first-order valence-electron chi connectivity index (χ1n) is 18.0. The van der Waals surface area contributed by atoms with Gasteiger partial charge in [-0.2, -0.15) is 0 Å². The third-order valence-electron chi connectivity index (χ3n) is 11.4. The molecule has 2 atom stereocenters. The molecule has 47 heavy (non-hydrogen) atoms. The molecule has 2 aliphatic rings. The Morgan fingerprint density at radius 1 is 0.617 bits per heavy atom. The van der Waals surface area contributed by atoms with Gasteiger partial charge in [-0.05, 0) is 70.4 Å². The first kappa shape index (κ1) is 33.8. The summed E-state index contributed by atoms with van der Waals surface area (Å²) in [5.41, 5.74) is 2.51. The Hall–Kier alpha value is -3.09. The largest absolute Gasteiger partial charge is 0.379 e. The van der Waals surface area contributed by atoms with Gasteiger partial charge < -0.3 is 9.47 Å². The van der Waals surface area contributed by atoms with Crippen molar-refractivity contribution in [1.29, 1.82) is 0 Å². The first-order valence-corrected chi connectivity index (χ1v) is 18.0. The quantitative estimate of drug-likeness (QED) is 0.140. The summed E-state index contributed by atoms with van der Waals surface area (Å²) < 4.78 is 11.4. The molecule has 0 radical (unpaired) electrons. The van der Waals surface area contributed by atoms with E-state index in [0.29, 0.717) is 11.8 Å². The number of hydrogen-bond donors (Lipinski definition) is 0. The van der Waals surface area contributed by atoms with Gasteiger partial charge in [0.25, 0.3) is 0 Å². The van der Waals surface area contributed by atoms with Crippen LogP contribution in [0.5, 0.6) is 0 Å². The molecule has 250 valence electrons. The van der Waals surface area contributed by atoms with Crippen molar-refractivity contribution in [3.8, 4) is 0 Å². The lowest BCUT2D eigenvalue weighted by molar-refractivity contribution is 0.0330. The molecule has 2 saturated heterocycles. The second-order valence-corrected chi connectivity index (χ2v) is 14.5. The molecule has 4 aromatic rings. The lowest BCUT2D eigenvalue weighted by atomic mass is 9.68. The SMILES string of the molecule is CC(C)C(C=NCC(CCN1CCOCC1)(c1ccc2ccccc2c1)C(C)C)(CCN1CCOCC1)c1ccc2ccccc2c1. The number of nitrogens with zero attached hydrogens (tertiary/aromatic N) is 3. The van der Waals surface area contributed by atoms with Crippen molar-refractivity contribution in [2.45, 2.75) is 51.4 Å². The summed E-state index contributed by atoms with van der Waals surface area (Å²) in [4.78, 5) is 10.7. The Labute approximate surface area is 283 Å². The number of rotatable bonds is 13. The Morgan fingerprint density at radius 2 is 1.11 bits per heavy atom. The molecule has 0 spiro atoms. The minimum Gasteiger partial charge on any atom is -0.379 e. The van der Waals surface area contributed by atoms with Crippen LogP contribution >= 0.6 is 0 Å². The highest BCUT2D eigenvalue weighted by Gasteiger charge is 2.38. The molecule has 0 saturated carbocycles. The Bertz CT molecular complexity index is 1620. The van der Waals surface area contributed by atoms with Crippen molar-refractivity contribution < 1.29 is 9.47 Å². The second-order valence-electron chi connectivity index (χ2n) is 14.5. The summed E-state index contributed by atoms with van der Waals surface area (Å²) in [7, 11) is 0. The van der Waals surface area contributed by atoms with Crippen molar-refractivity contribution in [2.24, 2.45) is 16.8 Å². The van der Waals surface area contributed by atoms with Crippen LogP contribution in [0.25, 0.3) is 21.5 Å². The van der Waals surface area contributed by atoms with E-state index in [1.807, 2.05) is 0 Å². The number of hydrogen-bond acceptors (Lipinski definition) is 5. The maximum absolute atomic E-state index is 5.70. The fourth-order valence-corrected chi connectivity index (χ4v) is 7.87. The third-order valence-corrected chi connectivity index (χ3v) is 11.4. The maximum atomic E-state index is 5.70. The van der Waals surface area contributed by atoms with Gasteiger partial charge in [0, 0.05) is 49.8 Å². The molecular weight excluding hydrogens is 578 g/mol. The molecule has 2 aliphatic heterocycles. The van der Waals surface area contributed by atoms with Crippen molar-refractivity contribution in [3.63, 3.8) is 0 Å². The van der Waals surface area contributed by atoms with Gasteiger partial charge >= 0.3 is 0 Å². The van der Waals surface area contributed by atoms with E-state index >= 15 is 0 Å². The highest BCUT2D eigenvalue weighted by atomic mass is 16.5. The van der Waals surface area contributed by atoms with Gasteiger partial charge in [0.15, 0.2) is 0 Å². The molecule has 6 rings (SSSR count). The number of aliphatic imine (C=N–C) groups is 1.